The summed E-state index contributed by atoms with van der Waals surface area (Å²) in [6.07, 6.45) is 0. The van der Waals surface area contributed by atoms with Gasteiger partial charge in [0.25, 0.3) is 5.79 Å². The molecule has 0 aromatic rings. The van der Waals surface area contributed by atoms with E-state index in [1.807, 2.05) is 19.0 Å². The largest absolute Gasteiger partial charge is 0.304 e. The molecule has 1 saturated heterocycles. The molecule has 4 heteroatoms. The molecule has 1 heterocycles. The van der Waals surface area contributed by atoms with E-state index in [0.717, 1.165) is 6.54 Å². The van der Waals surface area contributed by atoms with E-state index in [0.29, 0.717) is 5.88 Å². The molecule has 54 valence electrons. The van der Waals surface area contributed by atoms with Crippen LogP contribution in [0.3, 0.4) is 0 Å². The van der Waals surface area contributed by atoms with Crippen molar-refractivity contribution in [1.29, 1.82) is 0 Å². The van der Waals surface area contributed by atoms with Gasteiger partial charge in [0.15, 0.2) is 0 Å². The third kappa shape index (κ3) is 1.79. The SMILES string of the molecule is CN(C)CC1(CCl)OO1. The molecule has 0 aromatic carbocycles. The number of alkyl halides is 1. The van der Waals surface area contributed by atoms with Crippen LogP contribution in [-0.2, 0) is 9.78 Å². The summed E-state index contributed by atoms with van der Waals surface area (Å²) in [4.78, 5) is 11.3. The summed E-state index contributed by atoms with van der Waals surface area (Å²) in [6, 6.07) is 0. The second kappa shape index (κ2) is 2.42. The third-order valence-corrected chi connectivity index (χ3v) is 1.49. The van der Waals surface area contributed by atoms with Gasteiger partial charge in [-0.25, -0.2) is 0 Å². The lowest BCUT2D eigenvalue weighted by Crippen LogP contribution is -2.29. The maximum Gasteiger partial charge on any atom is 0.259 e. The molecule has 0 radical (unpaired) electrons. The fourth-order valence-electron chi connectivity index (χ4n) is 0.680. The molecule has 0 spiro atoms. The summed E-state index contributed by atoms with van der Waals surface area (Å²) in [7, 11) is 3.89. The standard InChI is InChI=1S/C5H10ClNO2/c1-7(2)4-5(3-6)8-9-5/h3-4H2,1-2H3. The van der Waals surface area contributed by atoms with Crippen molar-refractivity contribution in [1.82, 2.24) is 4.90 Å². The summed E-state index contributed by atoms with van der Waals surface area (Å²) < 4.78 is 0. The van der Waals surface area contributed by atoms with Gasteiger partial charge in [-0.05, 0) is 14.1 Å². The smallest absolute Gasteiger partial charge is 0.259 e. The van der Waals surface area contributed by atoms with Gasteiger partial charge in [-0.3, -0.25) is 0 Å². The van der Waals surface area contributed by atoms with Gasteiger partial charge in [0, 0.05) is 0 Å². The Morgan fingerprint density at radius 2 is 2.00 bits per heavy atom. The number of nitrogens with zero attached hydrogens (tertiary/aromatic N) is 1. The highest BCUT2D eigenvalue weighted by Crippen LogP contribution is 2.30. The lowest BCUT2D eigenvalue weighted by molar-refractivity contribution is 0.0850. The first kappa shape index (κ1) is 7.28. The van der Waals surface area contributed by atoms with Crippen LogP contribution in [0.15, 0.2) is 0 Å². The van der Waals surface area contributed by atoms with E-state index in [4.69, 9.17) is 11.6 Å². The lowest BCUT2D eigenvalue weighted by Gasteiger charge is -2.09. The van der Waals surface area contributed by atoms with Crippen LogP contribution in [0.5, 0.6) is 0 Å². The Bertz CT molecular complexity index is 103. The summed E-state index contributed by atoms with van der Waals surface area (Å²) in [5, 5.41) is 0. The topological polar surface area (TPSA) is 28.3 Å². The van der Waals surface area contributed by atoms with E-state index in [1.165, 1.54) is 0 Å². The van der Waals surface area contributed by atoms with Crippen LogP contribution in [0.4, 0.5) is 0 Å². The zero-order valence-electron chi connectivity index (χ0n) is 5.56. The average Bonchev–Trinajstić information content (AvgIpc) is 2.48. The van der Waals surface area contributed by atoms with Crippen molar-refractivity contribution in [3.63, 3.8) is 0 Å². The minimum Gasteiger partial charge on any atom is -0.304 e. The quantitative estimate of drug-likeness (QED) is 0.333. The highest BCUT2D eigenvalue weighted by Gasteiger charge is 2.48. The first-order valence-electron chi connectivity index (χ1n) is 2.76. The van der Waals surface area contributed by atoms with E-state index >= 15 is 0 Å². The molecule has 0 amide bonds. The van der Waals surface area contributed by atoms with Gasteiger partial charge in [-0.2, -0.15) is 9.78 Å². The Labute approximate surface area is 59.4 Å². The van der Waals surface area contributed by atoms with Crippen LogP contribution >= 0.6 is 11.6 Å². The first-order valence-corrected chi connectivity index (χ1v) is 3.29. The van der Waals surface area contributed by atoms with Crippen LogP contribution in [0.2, 0.25) is 0 Å². The first-order chi connectivity index (χ1) is 4.18. The van der Waals surface area contributed by atoms with Gasteiger partial charge < -0.3 is 4.90 Å². The highest BCUT2D eigenvalue weighted by atomic mass is 35.5. The Morgan fingerprint density at radius 1 is 1.44 bits per heavy atom. The van der Waals surface area contributed by atoms with Gasteiger partial charge in [0.2, 0.25) is 0 Å². The summed E-state index contributed by atoms with van der Waals surface area (Å²) in [5.74, 6) is -0.101. The maximum atomic E-state index is 5.52. The lowest BCUT2D eigenvalue weighted by atomic mass is 10.3. The number of rotatable bonds is 3. The predicted octanol–water partition coefficient (Wildman–Crippen LogP) is 0.445. The molecule has 0 aliphatic carbocycles. The maximum absolute atomic E-state index is 5.52. The van der Waals surface area contributed by atoms with Gasteiger partial charge in [0.1, 0.15) is 0 Å². The van der Waals surface area contributed by atoms with Crippen LogP contribution in [0.25, 0.3) is 0 Å². The molecule has 3 nitrogen and oxygen atoms in total. The fourth-order valence-corrected chi connectivity index (χ4v) is 0.854. The number of hydrogen-bond acceptors (Lipinski definition) is 3. The second-order valence-corrected chi connectivity index (χ2v) is 2.72. The monoisotopic (exact) mass is 151 g/mol. The van der Waals surface area contributed by atoms with Gasteiger partial charge in [-0.15, -0.1) is 11.6 Å². The Hall–Kier alpha value is 0.170. The summed E-state index contributed by atoms with van der Waals surface area (Å²) in [6.45, 7) is 0.719. The third-order valence-electron chi connectivity index (χ3n) is 1.08. The van der Waals surface area contributed by atoms with E-state index in [9.17, 15) is 0 Å². The zero-order chi connectivity index (χ0) is 6.91. The highest BCUT2D eigenvalue weighted by molar-refractivity contribution is 6.18. The van der Waals surface area contributed by atoms with Gasteiger partial charge in [0.05, 0.1) is 12.4 Å². The Balaban J connectivity index is 2.25. The molecule has 1 fully saturated rings. The molecule has 1 aliphatic rings. The van der Waals surface area contributed by atoms with E-state index in [2.05, 4.69) is 9.78 Å². The normalized spacial score (nSPS) is 22.7. The van der Waals surface area contributed by atoms with Crippen molar-refractivity contribution in [2.45, 2.75) is 5.79 Å². The molecule has 0 bridgehead atoms. The minimum absolute atomic E-state index is 0.394. The molecule has 9 heavy (non-hydrogen) atoms. The van der Waals surface area contributed by atoms with E-state index < -0.39 is 5.79 Å². The van der Waals surface area contributed by atoms with Gasteiger partial charge in [-0.1, -0.05) is 0 Å². The molecule has 0 N–H and O–H groups in total. The summed E-state index contributed by atoms with van der Waals surface area (Å²) >= 11 is 5.52. The van der Waals surface area contributed by atoms with Crippen molar-refractivity contribution < 1.29 is 9.78 Å². The predicted molar refractivity (Wildman–Crippen MR) is 34.2 cm³/mol. The Kier molecular flexibility index (Phi) is 1.96. The molecule has 1 aliphatic heterocycles. The molecule has 0 unspecified atom stereocenters. The number of hydrogen-bond donors (Lipinski definition) is 0. The molecule has 1 rings (SSSR count). The van der Waals surface area contributed by atoms with Crippen LogP contribution in [-0.4, -0.2) is 37.2 Å². The van der Waals surface area contributed by atoms with Crippen molar-refractivity contribution in [2.75, 3.05) is 26.5 Å². The summed E-state index contributed by atoms with van der Waals surface area (Å²) in [5.41, 5.74) is 0. The molecular weight excluding hydrogens is 142 g/mol. The average molecular weight is 152 g/mol. The van der Waals surface area contributed by atoms with Crippen molar-refractivity contribution in [3.05, 3.63) is 0 Å². The van der Waals surface area contributed by atoms with Crippen molar-refractivity contribution in [3.8, 4) is 0 Å². The van der Waals surface area contributed by atoms with Crippen LogP contribution in [0, 0.1) is 0 Å². The van der Waals surface area contributed by atoms with Crippen LogP contribution in [0.1, 0.15) is 0 Å². The van der Waals surface area contributed by atoms with Crippen LogP contribution < -0.4 is 0 Å². The van der Waals surface area contributed by atoms with Crippen molar-refractivity contribution in [2.24, 2.45) is 0 Å². The van der Waals surface area contributed by atoms with E-state index in [-0.39, 0.29) is 0 Å². The zero-order valence-corrected chi connectivity index (χ0v) is 6.31. The molecule has 0 saturated carbocycles. The molecule has 0 aromatic heterocycles. The molecule has 0 atom stereocenters. The number of likely N-dealkylation sites (N-methyl/N-ethyl adjacent to an activating group) is 1. The fraction of sp³-hybridized carbons (Fsp3) is 1.00. The second-order valence-electron chi connectivity index (χ2n) is 2.45. The van der Waals surface area contributed by atoms with E-state index in [1.54, 1.807) is 0 Å². The number of halogens is 1. The van der Waals surface area contributed by atoms with Gasteiger partial charge >= 0.3 is 0 Å². The Morgan fingerprint density at radius 3 is 2.11 bits per heavy atom. The molecular formula is C5H10ClNO2. The minimum atomic E-state index is -0.495. The van der Waals surface area contributed by atoms with Crippen molar-refractivity contribution >= 4 is 11.6 Å².